The Kier molecular flexibility index (Phi) is 3.24. The molecule has 1 N–H and O–H groups in total. The number of para-hydroxylation sites is 1. The molecule has 4 heteroatoms. The molecule has 0 spiro atoms. The van der Waals surface area contributed by atoms with E-state index in [1.165, 1.54) is 4.57 Å². The third-order valence-corrected chi connectivity index (χ3v) is 3.75. The van der Waals surface area contributed by atoms with E-state index in [1.807, 2.05) is 36.4 Å². The topological polar surface area (TPSA) is 55.1 Å². The van der Waals surface area contributed by atoms with Crippen LogP contribution in [0.4, 0.5) is 4.79 Å². The summed E-state index contributed by atoms with van der Waals surface area (Å²) in [6, 6.07) is 11.4. The molecule has 0 unspecified atom stereocenters. The number of rotatable bonds is 1. The van der Waals surface area contributed by atoms with Crippen LogP contribution in [-0.4, -0.2) is 20.8 Å². The molecule has 22 heavy (non-hydrogen) atoms. The Hall–Kier alpha value is -2.62. The SMILES string of the molecule is CC(C)(C)c1c(-c2cccnc2)n(C(=O)O)c2ccccc12. The van der Waals surface area contributed by atoms with Crippen LogP contribution in [0.25, 0.3) is 22.2 Å². The number of hydrogen-bond donors (Lipinski definition) is 1. The molecule has 0 saturated heterocycles. The lowest BCUT2D eigenvalue weighted by atomic mass is 9.83. The van der Waals surface area contributed by atoms with E-state index in [9.17, 15) is 9.90 Å². The largest absolute Gasteiger partial charge is 0.464 e. The number of carboxylic acid groups (broad SMARTS) is 1. The first-order valence-corrected chi connectivity index (χ1v) is 7.19. The monoisotopic (exact) mass is 294 g/mol. The average molecular weight is 294 g/mol. The highest BCUT2D eigenvalue weighted by atomic mass is 16.4. The van der Waals surface area contributed by atoms with Crippen molar-refractivity contribution < 1.29 is 9.90 Å². The first-order valence-electron chi connectivity index (χ1n) is 7.19. The lowest BCUT2D eigenvalue weighted by Crippen LogP contribution is -2.15. The zero-order chi connectivity index (χ0) is 15.9. The molecule has 0 aliphatic rings. The highest BCUT2D eigenvalue weighted by Gasteiger charge is 2.29. The van der Waals surface area contributed by atoms with E-state index in [2.05, 4.69) is 25.8 Å². The third kappa shape index (κ3) is 2.17. The van der Waals surface area contributed by atoms with Gasteiger partial charge in [0.25, 0.3) is 0 Å². The molecule has 1 aromatic carbocycles. The fourth-order valence-corrected chi connectivity index (χ4v) is 2.97. The minimum atomic E-state index is -0.981. The number of pyridine rings is 1. The minimum Gasteiger partial charge on any atom is -0.464 e. The number of benzene rings is 1. The molecule has 0 fully saturated rings. The second-order valence-corrected chi connectivity index (χ2v) is 6.35. The Morgan fingerprint density at radius 2 is 1.86 bits per heavy atom. The maximum Gasteiger partial charge on any atom is 0.416 e. The van der Waals surface area contributed by atoms with E-state index in [1.54, 1.807) is 12.4 Å². The van der Waals surface area contributed by atoms with Crippen molar-refractivity contribution in [3.63, 3.8) is 0 Å². The van der Waals surface area contributed by atoms with Crippen LogP contribution >= 0.6 is 0 Å². The van der Waals surface area contributed by atoms with Crippen molar-refractivity contribution in [3.05, 3.63) is 54.4 Å². The van der Waals surface area contributed by atoms with Gasteiger partial charge in [0.2, 0.25) is 0 Å². The maximum absolute atomic E-state index is 11.9. The van der Waals surface area contributed by atoms with Gasteiger partial charge in [-0.05, 0) is 29.2 Å². The Morgan fingerprint density at radius 1 is 1.14 bits per heavy atom. The highest BCUT2D eigenvalue weighted by Crippen LogP contribution is 2.40. The lowest BCUT2D eigenvalue weighted by Gasteiger charge is -2.21. The van der Waals surface area contributed by atoms with Crippen LogP contribution in [0.1, 0.15) is 26.3 Å². The Morgan fingerprint density at radius 3 is 2.45 bits per heavy atom. The predicted octanol–water partition coefficient (Wildman–Crippen LogP) is 4.53. The summed E-state index contributed by atoms with van der Waals surface area (Å²) in [6.07, 6.45) is 2.42. The molecule has 0 radical (unpaired) electrons. The van der Waals surface area contributed by atoms with Crippen molar-refractivity contribution in [3.8, 4) is 11.3 Å². The van der Waals surface area contributed by atoms with Crippen LogP contribution in [-0.2, 0) is 5.41 Å². The Balaban J connectivity index is 2.52. The second kappa shape index (κ2) is 4.98. The van der Waals surface area contributed by atoms with E-state index in [0.717, 1.165) is 16.5 Å². The number of aromatic nitrogens is 2. The fourth-order valence-electron chi connectivity index (χ4n) is 2.97. The van der Waals surface area contributed by atoms with Gasteiger partial charge in [0.05, 0.1) is 11.2 Å². The molecule has 112 valence electrons. The highest BCUT2D eigenvalue weighted by molar-refractivity contribution is 5.99. The number of carbonyl (C=O) groups is 1. The van der Waals surface area contributed by atoms with Gasteiger partial charge in [-0.3, -0.25) is 4.98 Å². The lowest BCUT2D eigenvalue weighted by molar-refractivity contribution is 0.198. The first kappa shape index (κ1) is 14.3. The van der Waals surface area contributed by atoms with Crippen molar-refractivity contribution in [2.24, 2.45) is 0 Å². The summed E-state index contributed by atoms with van der Waals surface area (Å²) in [6.45, 7) is 6.29. The summed E-state index contributed by atoms with van der Waals surface area (Å²) in [7, 11) is 0. The van der Waals surface area contributed by atoms with Crippen LogP contribution < -0.4 is 0 Å². The molecule has 0 atom stereocenters. The summed E-state index contributed by atoms with van der Waals surface area (Å²) in [5.74, 6) is 0. The van der Waals surface area contributed by atoms with Gasteiger partial charge < -0.3 is 5.11 Å². The van der Waals surface area contributed by atoms with Gasteiger partial charge >= 0.3 is 6.09 Å². The number of fused-ring (bicyclic) bond motifs is 1. The molecular formula is C18H18N2O2. The van der Waals surface area contributed by atoms with Crippen LogP contribution in [0.3, 0.4) is 0 Å². The van der Waals surface area contributed by atoms with Crippen molar-refractivity contribution in [1.29, 1.82) is 0 Å². The van der Waals surface area contributed by atoms with Crippen LogP contribution in [0.15, 0.2) is 48.8 Å². The summed E-state index contributed by atoms with van der Waals surface area (Å²) in [5.41, 5.74) is 3.06. The standard InChI is InChI=1S/C18H18N2O2/c1-18(2,3)15-13-8-4-5-9-14(13)20(17(21)22)16(15)12-7-6-10-19-11-12/h4-11H,1-3H3,(H,21,22). The molecule has 0 aliphatic heterocycles. The Bertz CT molecular complexity index is 843. The molecular weight excluding hydrogens is 276 g/mol. The van der Waals surface area contributed by atoms with Crippen molar-refractivity contribution >= 4 is 17.0 Å². The van der Waals surface area contributed by atoms with Gasteiger partial charge in [0.15, 0.2) is 0 Å². The van der Waals surface area contributed by atoms with Gasteiger partial charge in [-0.15, -0.1) is 0 Å². The van der Waals surface area contributed by atoms with E-state index in [4.69, 9.17) is 0 Å². The summed E-state index contributed by atoms with van der Waals surface area (Å²) >= 11 is 0. The van der Waals surface area contributed by atoms with Crippen molar-refractivity contribution in [2.45, 2.75) is 26.2 Å². The van der Waals surface area contributed by atoms with Crippen molar-refractivity contribution in [1.82, 2.24) is 9.55 Å². The third-order valence-electron chi connectivity index (χ3n) is 3.75. The quantitative estimate of drug-likeness (QED) is 0.717. The molecule has 4 nitrogen and oxygen atoms in total. The zero-order valence-electron chi connectivity index (χ0n) is 12.9. The molecule has 3 rings (SSSR count). The Labute approximate surface area is 129 Å². The normalized spacial score (nSPS) is 11.8. The van der Waals surface area contributed by atoms with Gasteiger partial charge in [0, 0.05) is 23.3 Å². The molecule has 0 bridgehead atoms. The zero-order valence-corrected chi connectivity index (χ0v) is 12.9. The van der Waals surface area contributed by atoms with E-state index in [0.29, 0.717) is 11.2 Å². The molecule has 0 amide bonds. The van der Waals surface area contributed by atoms with Gasteiger partial charge in [-0.1, -0.05) is 39.0 Å². The number of nitrogens with zero attached hydrogens (tertiary/aromatic N) is 2. The predicted molar refractivity (Wildman–Crippen MR) is 87.3 cm³/mol. The average Bonchev–Trinajstić information content (AvgIpc) is 2.83. The minimum absolute atomic E-state index is 0.189. The van der Waals surface area contributed by atoms with Gasteiger partial charge in [-0.25, -0.2) is 9.36 Å². The molecule has 0 saturated carbocycles. The van der Waals surface area contributed by atoms with Crippen LogP contribution in [0.2, 0.25) is 0 Å². The molecule has 0 aliphatic carbocycles. The summed E-state index contributed by atoms with van der Waals surface area (Å²) < 4.78 is 1.37. The second-order valence-electron chi connectivity index (χ2n) is 6.35. The van der Waals surface area contributed by atoms with Gasteiger partial charge in [0.1, 0.15) is 0 Å². The smallest absolute Gasteiger partial charge is 0.416 e. The molecule has 2 aromatic heterocycles. The maximum atomic E-state index is 11.9. The first-order chi connectivity index (χ1) is 10.4. The van der Waals surface area contributed by atoms with Crippen LogP contribution in [0, 0.1) is 0 Å². The summed E-state index contributed by atoms with van der Waals surface area (Å²) in [5, 5.41) is 10.7. The number of hydrogen-bond acceptors (Lipinski definition) is 2. The van der Waals surface area contributed by atoms with Gasteiger partial charge in [-0.2, -0.15) is 0 Å². The van der Waals surface area contributed by atoms with E-state index in [-0.39, 0.29) is 5.41 Å². The molecule has 3 aromatic rings. The summed E-state index contributed by atoms with van der Waals surface area (Å²) in [4.78, 5) is 16.0. The van der Waals surface area contributed by atoms with Crippen LogP contribution in [0.5, 0.6) is 0 Å². The van der Waals surface area contributed by atoms with E-state index >= 15 is 0 Å². The molecule has 2 heterocycles. The van der Waals surface area contributed by atoms with E-state index < -0.39 is 6.09 Å². The van der Waals surface area contributed by atoms with Crippen molar-refractivity contribution in [2.75, 3.05) is 0 Å². The fraction of sp³-hybridized carbons (Fsp3) is 0.222.